The van der Waals surface area contributed by atoms with Gasteiger partial charge in [-0.05, 0) is 42.5 Å². The van der Waals surface area contributed by atoms with E-state index in [1.807, 2.05) is 12.1 Å². The van der Waals surface area contributed by atoms with E-state index in [9.17, 15) is 9.59 Å². The van der Waals surface area contributed by atoms with Crippen LogP contribution in [0.2, 0.25) is 0 Å². The molecular formula is C19H18N2O3S2. The normalized spacial score (nSPS) is 13.2. The molecule has 1 aliphatic rings. The smallest absolute Gasteiger partial charge is 0.337 e. The molecule has 2 heterocycles. The lowest BCUT2D eigenvalue weighted by Crippen LogP contribution is -2.20. The first-order chi connectivity index (χ1) is 12.6. The van der Waals surface area contributed by atoms with E-state index < -0.39 is 0 Å². The molecule has 0 fully saturated rings. The lowest BCUT2D eigenvalue weighted by Gasteiger charge is -2.08. The minimum Gasteiger partial charge on any atom is -0.465 e. The quantitative estimate of drug-likeness (QED) is 0.390. The van der Waals surface area contributed by atoms with Gasteiger partial charge in [-0.3, -0.25) is 9.36 Å². The molecule has 1 aromatic carbocycles. The molecule has 134 valence electrons. The lowest BCUT2D eigenvalue weighted by molar-refractivity contribution is 0.0600. The first-order valence-corrected chi connectivity index (χ1v) is 10.2. The number of aromatic nitrogens is 2. The summed E-state index contributed by atoms with van der Waals surface area (Å²) < 4.78 is 6.36. The number of fused-ring (bicyclic) bond motifs is 3. The number of hydrogen-bond acceptors (Lipinski definition) is 6. The monoisotopic (exact) mass is 386 g/mol. The van der Waals surface area contributed by atoms with Crippen LogP contribution < -0.4 is 5.56 Å². The van der Waals surface area contributed by atoms with Crippen molar-refractivity contribution in [2.24, 2.45) is 7.05 Å². The first kappa shape index (κ1) is 17.3. The van der Waals surface area contributed by atoms with Crippen molar-refractivity contribution >= 4 is 39.3 Å². The maximum atomic E-state index is 12.8. The van der Waals surface area contributed by atoms with Crippen LogP contribution >= 0.6 is 23.1 Å². The number of esters is 1. The molecule has 0 saturated carbocycles. The Bertz CT molecular complexity index is 1050. The highest BCUT2D eigenvalue weighted by Gasteiger charge is 2.22. The van der Waals surface area contributed by atoms with Crippen LogP contribution in [0.15, 0.2) is 34.2 Å². The molecular weight excluding hydrogens is 368 g/mol. The highest BCUT2D eigenvalue weighted by atomic mass is 32.2. The van der Waals surface area contributed by atoms with Crippen LogP contribution in [-0.4, -0.2) is 22.6 Å². The fourth-order valence-corrected chi connectivity index (χ4v) is 5.47. The van der Waals surface area contributed by atoms with Gasteiger partial charge in [0, 0.05) is 17.7 Å². The van der Waals surface area contributed by atoms with Crippen LogP contribution in [0.25, 0.3) is 10.2 Å². The van der Waals surface area contributed by atoms with E-state index >= 15 is 0 Å². The summed E-state index contributed by atoms with van der Waals surface area (Å²) in [5, 5.41) is 1.54. The molecule has 2 aromatic heterocycles. The Hall–Kier alpha value is -2.12. The number of methoxy groups -OCH3 is 1. The van der Waals surface area contributed by atoms with Crippen molar-refractivity contribution in [2.75, 3.05) is 7.11 Å². The SMILES string of the molecule is COC(=O)c1ccc(CSc2nc3sc4c(c3c(=O)n2C)CCC4)cc1. The van der Waals surface area contributed by atoms with Crippen LogP contribution in [0.3, 0.4) is 0 Å². The first-order valence-electron chi connectivity index (χ1n) is 8.40. The molecule has 0 bridgehead atoms. The second kappa shape index (κ2) is 6.89. The summed E-state index contributed by atoms with van der Waals surface area (Å²) in [5.74, 6) is 0.336. The molecule has 0 saturated heterocycles. The lowest BCUT2D eigenvalue weighted by atomic mass is 10.1. The van der Waals surface area contributed by atoms with Gasteiger partial charge in [-0.15, -0.1) is 11.3 Å². The third-order valence-electron chi connectivity index (χ3n) is 4.65. The van der Waals surface area contributed by atoms with E-state index in [-0.39, 0.29) is 11.5 Å². The summed E-state index contributed by atoms with van der Waals surface area (Å²) in [7, 11) is 3.16. The van der Waals surface area contributed by atoms with Gasteiger partial charge >= 0.3 is 5.97 Å². The molecule has 0 amide bonds. The molecule has 26 heavy (non-hydrogen) atoms. The van der Waals surface area contributed by atoms with Crippen LogP contribution in [-0.2, 0) is 30.4 Å². The van der Waals surface area contributed by atoms with Crippen molar-refractivity contribution < 1.29 is 9.53 Å². The van der Waals surface area contributed by atoms with Crippen molar-refractivity contribution in [3.63, 3.8) is 0 Å². The summed E-state index contributed by atoms with van der Waals surface area (Å²) >= 11 is 3.20. The largest absolute Gasteiger partial charge is 0.465 e. The molecule has 7 heteroatoms. The number of rotatable bonds is 4. The van der Waals surface area contributed by atoms with E-state index in [4.69, 9.17) is 9.72 Å². The summed E-state index contributed by atoms with van der Waals surface area (Å²) in [5.41, 5.74) is 2.86. The molecule has 0 radical (unpaired) electrons. The van der Waals surface area contributed by atoms with Crippen LogP contribution in [0.1, 0.15) is 32.8 Å². The van der Waals surface area contributed by atoms with Gasteiger partial charge in [0.05, 0.1) is 18.1 Å². The van der Waals surface area contributed by atoms with Gasteiger partial charge in [-0.25, -0.2) is 9.78 Å². The second-order valence-electron chi connectivity index (χ2n) is 6.27. The van der Waals surface area contributed by atoms with Gasteiger partial charge in [0.15, 0.2) is 5.16 Å². The molecule has 3 aromatic rings. The molecule has 0 unspecified atom stereocenters. The maximum Gasteiger partial charge on any atom is 0.337 e. The number of thiophene rings is 1. The fraction of sp³-hybridized carbons (Fsp3) is 0.316. The Morgan fingerprint density at radius 2 is 2.08 bits per heavy atom. The maximum absolute atomic E-state index is 12.8. The number of carbonyl (C=O) groups is 1. The van der Waals surface area contributed by atoms with E-state index in [1.54, 1.807) is 35.1 Å². The van der Waals surface area contributed by atoms with Gasteiger partial charge in [-0.2, -0.15) is 0 Å². The van der Waals surface area contributed by atoms with Gasteiger partial charge in [0.2, 0.25) is 0 Å². The van der Waals surface area contributed by atoms with E-state index in [0.29, 0.717) is 11.3 Å². The van der Waals surface area contributed by atoms with Crippen LogP contribution in [0, 0.1) is 0 Å². The number of thioether (sulfide) groups is 1. The minimum absolute atomic E-state index is 0.0536. The van der Waals surface area contributed by atoms with E-state index in [2.05, 4.69) is 0 Å². The highest BCUT2D eigenvalue weighted by molar-refractivity contribution is 7.98. The molecule has 0 N–H and O–H groups in total. The summed E-state index contributed by atoms with van der Waals surface area (Å²) in [6, 6.07) is 7.30. The summed E-state index contributed by atoms with van der Waals surface area (Å²) in [4.78, 5) is 31.2. The van der Waals surface area contributed by atoms with Crippen molar-refractivity contribution in [1.82, 2.24) is 9.55 Å². The van der Waals surface area contributed by atoms with Gasteiger partial charge in [0.1, 0.15) is 4.83 Å². The molecule has 1 aliphatic carbocycles. The number of hydrogen-bond donors (Lipinski definition) is 0. The highest BCUT2D eigenvalue weighted by Crippen LogP contribution is 2.35. The summed E-state index contributed by atoms with van der Waals surface area (Å²) in [6.45, 7) is 0. The predicted molar refractivity (Wildman–Crippen MR) is 104 cm³/mol. The predicted octanol–water partition coefficient (Wildman–Crippen LogP) is 3.56. The van der Waals surface area contributed by atoms with Crippen LogP contribution in [0.5, 0.6) is 0 Å². The zero-order valence-corrected chi connectivity index (χ0v) is 16.2. The fourth-order valence-electron chi connectivity index (χ4n) is 3.24. The Morgan fingerprint density at radius 1 is 1.31 bits per heavy atom. The number of carbonyl (C=O) groups excluding carboxylic acids is 1. The molecule has 0 spiro atoms. The van der Waals surface area contributed by atoms with Crippen molar-refractivity contribution in [3.05, 3.63) is 56.2 Å². The Morgan fingerprint density at radius 3 is 2.81 bits per heavy atom. The molecule has 0 aliphatic heterocycles. The zero-order chi connectivity index (χ0) is 18.3. The zero-order valence-electron chi connectivity index (χ0n) is 14.6. The Kier molecular flexibility index (Phi) is 4.58. The minimum atomic E-state index is -0.343. The molecule has 4 rings (SSSR count). The average Bonchev–Trinajstić information content (AvgIpc) is 3.24. The summed E-state index contributed by atoms with van der Waals surface area (Å²) in [6.07, 6.45) is 3.19. The molecule has 0 atom stereocenters. The van der Waals surface area contributed by atoms with E-state index in [1.165, 1.54) is 29.3 Å². The number of benzene rings is 1. The van der Waals surface area contributed by atoms with Crippen molar-refractivity contribution in [2.45, 2.75) is 30.2 Å². The van der Waals surface area contributed by atoms with Crippen molar-refractivity contribution in [3.8, 4) is 0 Å². The second-order valence-corrected chi connectivity index (χ2v) is 8.30. The number of aryl methyl sites for hydroxylation is 2. The van der Waals surface area contributed by atoms with Gasteiger partial charge < -0.3 is 4.74 Å². The topological polar surface area (TPSA) is 61.2 Å². The number of nitrogens with zero attached hydrogens (tertiary/aromatic N) is 2. The third-order valence-corrected chi connectivity index (χ3v) is 6.94. The van der Waals surface area contributed by atoms with Gasteiger partial charge in [0.25, 0.3) is 5.56 Å². The third kappa shape index (κ3) is 2.95. The molecule has 5 nitrogen and oxygen atoms in total. The Balaban J connectivity index is 1.59. The van der Waals surface area contributed by atoms with Gasteiger partial charge in [-0.1, -0.05) is 23.9 Å². The standard InChI is InChI=1S/C19H18N2O3S2/c1-21-17(22)15-13-4-3-5-14(13)26-16(15)20-19(21)25-10-11-6-8-12(9-7-11)18(23)24-2/h6-9H,3-5,10H2,1-2H3. The van der Waals surface area contributed by atoms with Crippen molar-refractivity contribution in [1.29, 1.82) is 0 Å². The van der Waals surface area contributed by atoms with Crippen LogP contribution in [0.4, 0.5) is 0 Å². The van der Waals surface area contributed by atoms with E-state index in [0.717, 1.165) is 40.2 Å². The Labute approximate surface area is 159 Å². The average molecular weight is 386 g/mol. The number of ether oxygens (including phenoxy) is 1.